The highest BCUT2D eigenvalue weighted by Crippen LogP contribution is 2.36. The number of nitrogens with two attached hydrogens (primary N) is 1. The summed E-state index contributed by atoms with van der Waals surface area (Å²) in [5.74, 6) is 0.0355. The monoisotopic (exact) mass is 604 g/mol. The Hall–Kier alpha value is -5.19. The lowest BCUT2D eigenvalue weighted by atomic mass is 10.0. The zero-order chi connectivity index (χ0) is 31.4. The number of imidazole rings is 1. The quantitative estimate of drug-likeness (QED) is 0.0991. The first-order chi connectivity index (χ1) is 20.6. The Morgan fingerprint density at radius 2 is 1.84 bits per heavy atom. The number of rotatable bonds is 11. The molecule has 0 aliphatic heterocycles. The molecule has 0 aliphatic carbocycles. The smallest absolute Gasteiger partial charge is 0.433 e. The van der Waals surface area contributed by atoms with Crippen molar-refractivity contribution < 1.29 is 32.7 Å². The van der Waals surface area contributed by atoms with E-state index in [1.807, 2.05) is 12.0 Å². The van der Waals surface area contributed by atoms with Crippen LogP contribution in [0.3, 0.4) is 0 Å². The largest absolute Gasteiger partial charge is 0.483 e. The summed E-state index contributed by atoms with van der Waals surface area (Å²) in [6.07, 6.45) is 2.02. The van der Waals surface area contributed by atoms with Gasteiger partial charge in [0, 0.05) is 43.3 Å². The number of alkyl halides is 3. The molecule has 0 saturated heterocycles. The number of nitrogens with one attached hydrogen (secondary N) is 5. The van der Waals surface area contributed by atoms with Gasteiger partial charge in [-0.1, -0.05) is 6.92 Å². The molecule has 8 N–H and O–H groups in total. The summed E-state index contributed by atoms with van der Waals surface area (Å²) < 4.78 is 41.7. The van der Waals surface area contributed by atoms with Gasteiger partial charge in [0.15, 0.2) is 11.5 Å². The van der Waals surface area contributed by atoms with Crippen LogP contribution in [-0.4, -0.2) is 74.3 Å². The van der Waals surface area contributed by atoms with Crippen molar-refractivity contribution in [1.82, 2.24) is 40.5 Å². The number of aryl methyl sites for hydroxylation is 1. The predicted octanol–water partition coefficient (Wildman–Crippen LogP) is 2.52. The fourth-order valence-electron chi connectivity index (χ4n) is 4.04. The third-order valence-corrected chi connectivity index (χ3v) is 5.98. The maximum Gasteiger partial charge on any atom is 0.433 e. The molecule has 14 nitrogen and oxygen atoms in total. The molecule has 0 atom stereocenters. The molecule has 4 aromatic rings. The van der Waals surface area contributed by atoms with Crippen LogP contribution >= 0.6 is 0 Å². The molecule has 3 aromatic heterocycles. The molecule has 0 radical (unpaired) electrons. The Balaban J connectivity index is 0.00000162. The molecule has 17 heteroatoms. The molecule has 3 heterocycles. The number of H-pyrrole nitrogens is 1. The first kappa shape index (κ1) is 32.3. The van der Waals surface area contributed by atoms with Gasteiger partial charge in [-0.05, 0) is 43.1 Å². The number of halogens is 3. The SMILES string of the molecule is CCc1cc(Nc2nccn3c(-c4cn[nH]c4C(F)(F)F)cnc23)ccc1C(=O)NCCNC(=O)NCCCN.O=CO. The first-order valence-corrected chi connectivity index (χ1v) is 13.0. The maximum atomic E-state index is 13.4. The van der Waals surface area contributed by atoms with Crippen molar-refractivity contribution in [3.8, 4) is 11.3 Å². The van der Waals surface area contributed by atoms with Crippen LogP contribution in [0.4, 0.5) is 29.5 Å². The van der Waals surface area contributed by atoms with E-state index in [-0.39, 0.29) is 42.8 Å². The van der Waals surface area contributed by atoms with E-state index in [9.17, 15) is 22.8 Å². The number of carboxylic acid groups (broad SMARTS) is 1. The molecule has 43 heavy (non-hydrogen) atoms. The van der Waals surface area contributed by atoms with Gasteiger partial charge in [0.1, 0.15) is 5.69 Å². The van der Waals surface area contributed by atoms with Crippen LogP contribution in [0.2, 0.25) is 0 Å². The second-order valence-corrected chi connectivity index (χ2v) is 8.81. The molecular formula is C26H31F3N10O4. The summed E-state index contributed by atoms with van der Waals surface area (Å²) in [6, 6.07) is 4.84. The van der Waals surface area contributed by atoms with E-state index in [4.69, 9.17) is 15.6 Å². The summed E-state index contributed by atoms with van der Waals surface area (Å²) in [4.78, 5) is 41.4. The van der Waals surface area contributed by atoms with Gasteiger partial charge in [-0.2, -0.15) is 18.3 Å². The van der Waals surface area contributed by atoms with Crippen molar-refractivity contribution in [2.45, 2.75) is 25.9 Å². The molecule has 4 rings (SSSR count). The van der Waals surface area contributed by atoms with Crippen LogP contribution in [0, 0.1) is 0 Å². The standard InChI is InChI=1S/C25H29F3N10O2.CH2O2/c1-2-15-12-16(4-5-17(15)23(39)31-8-9-33-24(40)32-7-3-6-29)36-21-22-34-14-19(38(22)11-10-30-21)18-13-35-37-20(18)25(26,27)28;2-1-3/h4-5,10-14H,2-3,6-9,29H2,1H3,(H,30,36)(H,31,39)(H,35,37)(H2,32,33,40);1H,(H,2,3). The lowest BCUT2D eigenvalue weighted by Crippen LogP contribution is -2.41. The molecular weight excluding hydrogens is 573 g/mol. The molecule has 3 amide bonds. The van der Waals surface area contributed by atoms with Crippen molar-refractivity contribution in [3.05, 3.63) is 59.8 Å². The minimum atomic E-state index is -4.61. The fraction of sp³-hybridized carbons (Fsp3) is 0.308. The van der Waals surface area contributed by atoms with Gasteiger partial charge in [0.25, 0.3) is 12.4 Å². The third-order valence-electron chi connectivity index (χ3n) is 5.98. The van der Waals surface area contributed by atoms with Gasteiger partial charge in [0.05, 0.1) is 23.7 Å². The number of urea groups is 1. The lowest BCUT2D eigenvalue weighted by molar-refractivity contribution is -0.140. The van der Waals surface area contributed by atoms with Crippen molar-refractivity contribution in [2.24, 2.45) is 5.73 Å². The van der Waals surface area contributed by atoms with Crippen molar-refractivity contribution in [3.63, 3.8) is 0 Å². The average Bonchev–Trinajstić information content (AvgIpc) is 3.64. The van der Waals surface area contributed by atoms with E-state index < -0.39 is 11.9 Å². The van der Waals surface area contributed by atoms with Crippen LogP contribution in [0.5, 0.6) is 0 Å². The molecule has 0 bridgehead atoms. The highest BCUT2D eigenvalue weighted by molar-refractivity contribution is 5.96. The van der Waals surface area contributed by atoms with E-state index >= 15 is 0 Å². The number of nitrogens with zero attached hydrogens (tertiary/aromatic N) is 4. The Labute approximate surface area is 243 Å². The number of fused-ring (bicyclic) bond motifs is 1. The van der Waals surface area contributed by atoms with E-state index in [1.165, 1.54) is 23.0 Å². The zero-order valence-electron chi connectivity index (χ0n) is 23.0. The fourth-order valence-corrected chi connectivity index (χ4v) is 4.04. The number of hydrogen-bond acceptors (Lipinski definition) is 8. The highest BCUT2D eigenvalue weighted by Gasteiger charge is 2.36. The Morgan fingerprint density at radius 1 is 1.12 bits per heavy atom. The van der Waals surface area contributed by atoms with Crippen LogP contribution in [0.15, 0.2) is 43.0 Å². The van der Waals surface area contributed by atoms with Crippen molar-refractivity contribution >= 4 is 35.6 Å². The third kappa shape index (κ3) is 8.41. The predicted molar refractivity (Wildman–Crippen MR) is 151 cm³/mol. The van der Waals surface area contributed by atoms with Gasteiger partial charge in [0.2, 0.25) is 0 Å². The van der Waals surface area contributed by atoms with Crippen LogP contribution in [0.1, 0.15) is 35.0 Å². The number of hydrogen-bond donors (Lipinski definition) is 7. The summed E-state index contributed by atoms with van der Waals surface area (Å²) in [7, 11) is 0. The summed E-state index contributed by atoms with van der Waals surface area (Å²) >= 11 is 0. The molecule has 0 aliphatic rings. The van der Waals surface area contributed by atoms with E-state index in [0.29, 0.717) is 48.6 Å². The van der Waals surface area contributed by atoms with Gasteiger partial charge in [-0.25, -0.2) is 14.8 Å². The number of benzene rings is 1. The summed E-state index contributed by atoms with van der Waals surface area (Å²) in [5, 5.41) is 23.7. The molecule has 0 fully saturated rings. The van der Waals surface area contributed by atoms with E-state index in [0.717, 1.165) is 11.8 Å². The Morgan fingerprint density at radius 3 is 2.53 bits per heavy atom. The van der Waals surface area contributed by atoms with Crippen LogP contribution < -0.4 is 27.0 Å². The molecule has 0 saturated carbocycles. The van der Waals surface area contributed by atoms with Crippen LogP contribution in [-0.2, 0) is 17.4 Å². The van der Waals surface area contributed by atoms with Gasteiger partial charge in [-0.15, -0.1) is 0 Å². The second kappa shape index (κ2) is 15.2. The zero-order valence-corrected chi connectivity index (χ0v) is 23.0. The number of carbonyl (C=O) groups excluding carboxylic acids is 2. The van der Waals surface area contributed by atoms with Gasteiger partial charge in [-0.3, -0.25) is 19.1 Å². The maximum absolute atomic E-state index is 13.4. The molecule has 1 aromatic carbocycles. The number of anilines is 2. The van der Waals surface area contributed by atoms with Gasteiger partial charge >= 0.3 is 12.2 Å². The van der Waals surface area contributed by atoms with E-state index in [1.54, 1.807) is 18.2 Å². The number of aromatic amines is 1. The molecule has 0 spiro atoms. The highest BCUT2D eigenvalue weighted by atomic mass is 19.4. The normalized spacial score (nSPS) is 10.9. The number of carbonyl (C=O) groups is 3. The Bertz CT molecular complexity index is 1540. The first-order valence-electron chi connectivity index (χ1n) is 13.0. The van der Waals surface area contributed by atoms with Crippen molar-refractivity contribution in [1.29, 1.82) is 0 Å². The minimum absolute atomic E-state index is 0.136. The number of aromatic nitrogens is 5. The average molecular weight is 605 g/mol. The van der Waals surface area contributed by atoms with Gasteiger partial charge < -0.3 is 32.1 Å². The topological polar surface area (TPSA) is 204 Å². The van der Waals surface area contributed by atoms with E-state index in [2.05, 4.69) is 36.3 Å². The second-order valence-electron chi connectivity index (χ2n) is 8.81. The Kier molecular flexibility index (Phi) is 11.4. The summed E-state index contributed by atoms with van der Waals surface area (Å²) in [6.45, 7) is 3.12. The molecule has 230 valence electrons. The number of amides is 3. The minimum Gasteiger partial charge on any atom is -0.483 e. The lowest BCUT2D eigenvalue weighted by Gasteiger charge is -2.13. The summed E-state index contributed by atoms with van der Waals surface area (Å²) in [5.41, 5.74) is 6.66. The van der Waals surface area contributed by atoms with Crippen LogP contribution in [0.25, 0.3) is 16.9 Å². The molecule has 0 unspecified atom stereocenters. The van der Waals surface area contributed by atoms with Crippen molar-refractivity contribution in [2.75, 3.05) is 31.5 Å².